The van der Waals surface area contributed by atoms with Crippen molar-refractivity contribution in [3.63, 3.8) is 0 Å². The number of aromatic nitrogens is 2. The second-order valence-corrected chi connectivity index (χ2v) is 4.84. The van der Waals surface area contributed by atoms with E-state index in [2.05, 4.69) is 15.6 Å². The van der Waals surface area contributed by atoms with E-state index in [0.29, 0.717) is 28.9 Å². The van der Waals surface area contributed by atoms with E-state index < -0.39 is 5.97 Å². The van der Waals surface area contributed by atoms with Gasteiger partial charge in [0.25, 0.3) is 5.71 Å². The molecule has 4 N–H and O–H groups in total. The molecule has 0 fully saturated rings. The average molecular weight is 298 g/mol. The van der Waals surface area contributed by atoms with Crippen LogP contribution in [0.1, 0.15) is 21.6 Å². The fourth-order valence-electron chi connectivity index (χ4n) is 2.53. The van der Waals surface area contributed by atoms with Gasteiger partial charge in [0, 0.05) is 18.3 Å². The lowest BCUT2D eigenvalue weighted by Crippen LogP contribution is -2.21. The van der Waals surface area contributed by atoms with Crippen molar-refractivity contribution >= 4 is 17.1 Å². The molecule has 0 saturated heterocycles. The first-order valence-electron chi connectivity index (χ1n) is 6.63. The Labute approximate surface area is 125 Å². The molecule has 3 rings (SSSR count). The van der Waals surface area contributed by atoms with Crippen LogP contribution in [0.15, 0.2) is 35.0 Å². The van der Waals surface area contributed by atoms with Gasteiger partial charge in [-0.2, -0.15) is 0 Å². The minimum atomic E-state index is -1.06. The lowest BCUT2D eigenvalue weighted by Gasteiger charge is -2.12. The number of pyridine rings is 1. The third kappa shape index (κ3) is 2.22. The molecule has 1 aromatic carbocycles. The summed E-state index contributed by atoms with van der Waals surface area (Å²) in [6.45, 7) is 2.16. The number of hydrogen-bond donors (Lipinski definition) is 3. The predicted molar refractivity (Wildman–Crippen MR) is 80.0 cm³/mol. The summed E-state index contributed by atoms with van der Waals surface area (Å²) in [5.41, 5.74) is 5.78. The molecule has 0 spiro atoms. The van der Waals surface area contributed by atoms with E-state index in [4.69, 9.17) is 10.4 Å². The minimum absolute atomic E-state index is 0.100. The van der Waals surface area contributed by atoms with Gasteiger partial charge in [0.1, 0.15) is 0 Å². The Morgan fingerprint density at radius 2 is 2.18 bits per heavy atom. The minimum Gasteiger partial charge on any atom is -0.478 e. The molecule has 3 aromatic rings. The molecular weight excluding hydrogens is 284 g/mol. The zero-order valence-electron chi connectivity index (χ0n) is 11.8. The number of benzene rings is 1. The lowest BCUT2D eigenvalue weighted by molar-refractivity contribution is 0.0697. The first-order valence-corrected chi connectivity index (χ1v) is 6.63. The molecule has 112 valence electrons. The Morgan fingerprint density at radius 3 is 2.91 bits per heavy atom. The Bertz CT molecular complexity index is 857. The van der Waals surface area contributed by atoms with Crippen LogP contribution in [0.4, 0.5) is 0 Å². The summed E-state index contributed by atoms with van der Waals surface area (Å²) in [5.74, 6) is 4.36. The van der Waals surface area contributed by atoms with E-state index in [9.17, 15) is 9.90 Å². The van der Waals surface area contributed by atoms with Crippen LogP contribution in [-0.4, -0.2) is 21.2 Å². The third-order valence-electron chi connectivity index (χ3n) is 3.48. The maximum absolute atomic E-state index is 11.6. The van der Waals surface area contributed by atoms with Gasteiger partial charge in [-0.3, -0.25) is 11.3 Å². The van der Waals surface area contributed by atoms with E-state index >= 15 is 0 Å². The number of carboxylic acid groups (broad SMARTS) is 1. The fraction of sp³-hybridized carbons (Fsp3) is 0.133. The van der Waals surface area contributed by atoms with Crippen molar-refractivity contribution in [2.24, 2.45) is 5.84 Å². The highest BCUT2D eigenvalue weighted by Crippen LogP contribution is 2.35. The van der Waals surface area contributed by atoms with E-state index in [1.807, 2.05) is 24.3 Å². The number of nitrogens with zero attached hydrogens (tertiary/aromatic N) is 2. The van der Waals surface area contributed by atoms with Crippen molar-refractivity contribution in [1.29, 1.82) is 0 Å². The van der Waals surface area contributed by atoms with Crippen LogP contribution >= 0.6 is 0 Å². The number of hydrazine groups is 1. The maximum atomic E-state index is 11.6. The highest BCUT2D eigenvalue weighted by Gasteiger charge is 2.22. The average Bonchev–Trinajstić information content (AvgIpc) is 2.89. The number of aryl methyl sites for hydroxylation is 1. The molecule has 7 heteroatoms. The number of fused-ring (bicyclic) bond motifs is 1. The van der Waals surface area contributed by atoms with Crippen molar-refractivity contribution in [3.8, 4) is 11.1 Å². The predicted octanol–water partition coefficient (Wildman–Crippen LogP) is 1.86. The van der Waals surface area contributed by atoms with Crippen molar-refractivity contribution < 1.29 is 14.4 Å². The van der Waals surface area contributed by atoms with Crippen LogP contribution in [0.5, 0.6) is 0 Å². The molecular formula is C15H14N4O3. The summed E-state index contributed by atoms with van der Waals surface area (Å²) < 4.78 is 5.15. The second-order valence-electron chi connectivity index (χ2n) is 4.84. The van der Waals surface area contributed by atoms with Gasteiger partial charge in [-0.25, -0.2) is 9.78 Å². The molecule has 0 unspecified atom stereocenters. The summed E-state index contributed by atoms with van der Waals surface area (Å²) in [6, 6.07) is 7.45. The quantitative estimate of drug-likeness (QED) is 0.497. The second kappa shape index (κ2) is 5.55. The zero-order chi connectivity index (χ0) is 15.7. The number of carbonyl (C=O) groups is 1. The maximum Gasteiger partial charge on any atom is 0.337 e. The van der Waals surface area contributed by atoms with Crippen molar-refractivity contribution in [2.45, 2.75) is 13.5 Å². The Morgan fingerprint density at radius 1 is 1.41 bits per heavy atom. The van der Waals surface area contributed by atoms with Crippen LogP contribution in [0.2, 0.25) is 0 Å². The molecule has 0 aliphatic carbocycles. The van der Waals surface area contributed by atoms with Gasteiger partial charge in [0.15, 0.2) is 0 Å². The van der Waals surface area contributed by atoms with Crippen molar-refractivity contribution in [1.82, 2.24) is 15.6 Å². The summed E-state index contributed by atoms with van der Waals surface area (Å²) in [6.07, 6.45) is 1.29. The number of aromatic carboxylic acids is 1. The summed E-state index contributed by atoms with van der Waals surface area (Å²) in [7, 11) is 0. The zero-order valence-corrected chi connectivity index (χ0v) is 11.8. The van der Waals surface area contributed by atoms with E-state index in [-0.39, 0.29) is 5.56 Å². The van der Waals surface area contributed by atoms with Crippen LogP contribution in [-0.2, 0) is 6.54 Å². The highest BCUT2D eigenvalue weighted by atomic mass is 16.5. The number of carboxylic acids is 1. The number of hydrogen-bond acceptors (Lipinski definition) is 6. The van der Waals surface area contributed by atoms with E-state index in [0.717, 1.165) is 11.1 Å². The molecule has 7 nitrogen and oxygen atoms in total. The fourth-order valence-corrected chi connectivity index (χ4v) is 2.53. The monoisotopic (exact) mass is 298 g/mol. The number of nitrogens with two attached hydrogens (primary N) is 1. The van der Waals surface area contributed by atoms with Gasteiger partial charge >= 0.3 is 5.97 Å². The molecule has 0 radical (unpaired) electrons. The normalized spacial score (nSPS) is 11.0. The molecule has 2 aromatic heterocycles. The van der Waals surface area contributed by atoms with Crippen LogP contribution in [0.25, 0.3) is 22.2 Å². The third-order valence-corrected chi connectivity index (χ3v) is 3.48. The molecule has 0 aliphatic heterocycles. The van der Waals surface area contributed by atoms with Gasteiger partial charge in [-0.15, -0.1) is 0 Å². The number of nitrogens with one attached hydrogen (secondary N) is 1. The lowest BCUT2D eigenvalue weighted by atomic mass is 9.93. The number of rotatable bonds is 4. The van der Waals surface area contributed by atoms with Gasteiger partial charge in [0.2, 0.25) is 0 Å². The van der Waals surface area contributed by atoms with Crippen LogP contribution in [0.3, 0.4) is 0 Å². The molecule has 0 atom stereocenters. The van der Waals surface area contributed by atoms with Crippen LogP contribution < -0.4 is 11.3 Å². The standard InChI is InChI=1S/C15H14N4O3/c1-8-12-13(10-5-3-2-4-9(10)6-18-16)11(15(20)21)7-17-14(12)22-19-8/h2-5,7,18H,6,16H2,1H3,(H,20,21). The van der Waals surface area contributed by atoms with Crippen LogP contribution in [0, 0.1) is 6.92 Å². The first kappa shape index (κ1) is 14.2. The topological polar surface area (TPSA) is 114 Å². The Kier molecular flexibility index (Phi) is 3.58. The van der Waals surface area contributed by atoms with Gasteiger partial charge in [-0.05, 0) is 18.1 Å². The molecule has 2 heterocycles. The summed E-state index contributed by atoms with van der Waals surface area (Å²) >= 11 is 0. The highest BCUT2D eigenvalue weighted by molar-refractivity contribution is 6.06. The SMILES string of the molecule is Cc1noc2ncc(C(=O)O)c(-c3ccccc3CNN)c12. The largest absolute Gasteiger partial charge is 0.478 e. The molecule has 22 heavy (non-hydrogen) atoms. The Balaban J connectivity index is 2.40. The van der Waals surface area contributed by atoms with Gasteiger partial charge in [-0.1, -0.05) is 29.4 Å². The Hall–Kier alpha value is -2.77. The van der Waals surface area contributed by atoms with E-state index in [1.54, 1.807) is 6.92 Å². The smallest absolute Gasteiger partial charge is 0.337 e. The summed E-state index contributed by atoms with van der Waals surface area (Å²) in [5, 5.41) is 14.0. The molecule has 0 saturated carbocycles. The molecule has 0 amide bonds. The van der Waals surface area contributed by atoms with Gasteiger partial charge < -0.3 is 9.63 Å². The summed E-state index contributed by atoms with van der Waals surface area (Å²) in [4.78, 5) is 15.6. The van der Waals surface area contributed by atoms with E-state index in [1.165, 1.54) is 6.20 Å². The molecule has 0 aliphatic rings. The molecule has 0 bridgehead atoms. The van der Waals surface area contributed by atoms with Crippen molar-refractivity contribution in [3.05, 3.63) is 47.3 Å². The van der Waals surface area contributed by atoms with Crippen molar-refractivity contribution in [2.75, 3.05) is 0 Å². The first-order chi connectivity index (χ1) is 10.6. The van der Waals surface area contributed by atoms with Gasteiger partial charge in [0.05, 0.1) is 16.6 Å².